The van der Waals surface area contributed by atoms with E-state index < -0.39 is 0 Å². The van der Waals surface area contributed by atoms with E-state index >= 15 is 0 Å². The second-order valence-corrected chi connectivity index (χ2v) is 7.01. The Labute approximate surface area is 155 Å². The molecule has 0 radical (unpaired) electrons. The van der Waals surface area contributed by atoms with Crippen LogP contribution in [0.1, 0.15) is 53.2 Å². The lowest BCUT2D eigenvalue weighted by Gasteiger charge is -2.29. The predicted octanol–water partition coefficient (Wildman–Crippen LogP) is 4.64. The highest BCUT2D eigenvalue weighted by Crippen LogP contribution is 2.31. The van der Waals surface area contributed by atoms with Crippen LogP contribution in [0.15, 0.2) is 36.4 Å². The fraction of sp³-hybridized carbons (Fsp3) is 0.364. The lowest BCUT2D eigenvalue weighted by molar-refractivity contribution is -0.118. The van der Waals surface area contributed by atoms with Gasteiger partial charge in [-0.3, -0.25) is 9.59 Å². The number of unbranched alkanes of at least 4 members (excludes halogenated alkanes) is 1. The van der Waals surface area contributed by atoms with Crippen LogP contribution in [0, 0.1) is 13.8 Å². The van der Waals surface area contributed by atoms with E-state index in [1.54, 1.807) is 0 Å². The quantitative estimate of drug-likeness (QED) is 0.854. The molecule has 2 aromatic rings. The first-order valence-electron chi connectivity index (χ1n) is 9.31. The summed E-state index contributed by atoms with van der Waals surface area (Å²) in [5.41, 5.74) is 5.61. The highest BCUT2D eigenvalue weighted by atomic mass is 16.2. The molecule has 0 fully saturated rings. The van der Waals surface area contributed by atoms with Crippen LogP contribution in [0.2, 0.25) is 0 Å². The molecule has 0 unspecified atom stereocenters. The third-order valence-corrected chi connectivity index (χ3v) is 4.91. The summed E-state index contributed by atoms with van der Waals surface area (Å²) in [5.74, 6) is 0.0963. The maximum atomic E-state index is 12.6. The number of hydrogen-bond acceptors (Lipinski definition) is 2. The molecule has 0 saturated carbocycles. The van der Waals surface area contributed by atoms with Gasteiger partial charge in [0, 0.05) is 29.9 Å². The molecule has 0 aliphatic carbocycles. The average Bonchev–Trinajstić information content (AvgIpc) is 2.63. The molecule has 2 amide bonds. The molecule has 0 spiro atoms. The summed E-state index contributed by atoms with van der Waals surface area (Å²) in [6.07, 6.45) is 3.31. The van der Waals surface area contributed by atoms with Crippen molar-refractivity contribution >= 4 is 23.2 Å². The molecule has 0 saturated heterocycles. The van der Waals surface area contributed by atoms with Gasteiger partial charge in [0.25, 0.3) is 5.91 Å². The summed E-state index contributed by atoms with van der Waals surface area (Å²) >= 11 is 0. The highest BCUT2D eigenvalue weighted by molar-refractivity contribution is 6.06. The van der Waals surface area contributed by atoms with Crippen molar-refractivity contribution in [3.8, 4) is 0 Å². The number of nitrogens with zero attached hydrogens (tertiary/aromatic N) is 1. The number of carbonyl (C=O) groups excluding carboxylic acids is 2. The minimum Gasteiger partial charge on any atom is -0.322 e. The van der Waals surface area contributed by atoms with Crippen LogP contribution in [0.25, 0.3) is 0 Å². The number of benzene rings is 2. The van der Waals surface area contributed by atoms with Crippen LogP contribution in [-0.2, 0) is 11.2 Å². The molecule has 26 heavy (non-hydrogen) atoms. The molecule has 3 rings (SSSR count). The van der Waals surface area contributed by atoms with Gasteiger partial charge in [0.1, 0.15) is 0 Å². The smallest absolute Gasteiger partial charge is 0.255 e. The molecule has 0 aromatic heterocycles. The second kappa shape index (κ2) is 7.73. The number of aryl methyl sites for hydroxylation is 3. The first-order chi connectivity index (χ1) is 12.5. The van der Waals surface area contributed by atoms with Gasteiger partial charge in [0.05, 0.1) is 0 Å². The maximum Gasteiger partial charge on any atom is 0.255 e. The zero-order valence-electron chi connectivity index (χ0n) is 15.8. The molecule has 4 heteroatoms. The number of hydrogen-bond donors (Lipinski definition) is 1. The Morgan fingerprint density at radius 1 is 1.12 bits per heavy atom. The van der Waals surface area contributed by atoms with Crippen molar-refractivity contribution in [2.24, 2.45) is 0 Å². The monoisotopic (exact) mass is 350 g/mol. The Hall–Kier alpha value is -2.62. The molecule has 2 aromatic carbocycles. The van der Waals surface area contributed by atoms with Crippen molar-refractivity contribution in [1.82, 2.24) is 0 Å². The van der Waals surface area contributed by atoms with Gasteiger partial charge in [-0.25, -0.2) is 0 Å². The molecular weight excluding hydrogens is 324 g/mol. The fourth-order valence-electron chi connectivity index (χ4n) is 3.38. The van der Waals surface area contributed by atoms with Gasteiger partial charge in [-0.2, -0.15) is 0 Å². The van der Waals surface area contributed by atoms with Crippen molar-refractivity contribution in [2.45, 2.75) is 46.5 Å². The minimum absolute atomic E-state index is 0.0964. The molecule has 0 atom stereocenters. The SMILES string of the molecule is CCCCN1C(=O)CCc2cc(NC(=O)c3cc(C)ccc3C)ccc21. The first-order valence-corrected chi connectivity index (χ1v) is 9.31. The fourth-order valence-corrected chi connectivity index (χ4v) is 3.38. The molecular formula is C22H26N2O2. The summed E-state index contributed by atoms with van der Waals surface area (Å²) < 4.78 is 0. The third-order valence-electron chi connectivity index (χ3n) is 4.91. The Morgan fingerprint density at radius 2 is 1.92 bits per heavy atom. The van der Waals surface area contributed by atoms with Crippen molar-refractivity contribution in [1.29, 1.82) is 0 Å². The minimum atomic E-state index is -0.0964. The van der Waals surface area contributed by atoms with Crippen molar-refractivity contribution in [3.63, 3.8) is 0 Å². The Kier molecular flexibility index (Phi) is 5.40. The third kappa shape index (κ3) is 3.79. The number of nitrogens with one attached hydrogen (secondary N) is 1. The zero-order valence-corrected chi connectivity index (χ0v) is 15.8. The largest absolute Gasteiger partial charge is 0.322 e. The van der Waals surface area contributed by atoms with E-state index in [1.807, 2.05) is 55.1 Å². The van der Waals surface area contributed by atoms with E-state index in [4.69, 9.17) is 0 Å². The Balaban J connectivity index is 1.81. The molecule has 136 valence electrons. The van der Waals surface area contributed by atoms with E-state index in [0.29, 0.717) is 12.0 Å². The Bertz CT molecular complexity index is 842. The maximum absolute atomic E-state index is 12.6. The van der Waals surface area contributed by atoms with Gasteiger partial charge >= 0.3 is 0 Å². The van der Waals surface area contributed by atoms with E-state index in [-0.39, 0.29) is 11.8 Å². The van der Waals surface area contributed by atoms with Gasteiger partial charge in [0.2, 0.25) is 5.91 Å². The lowest BCUT2D eigenvalue weighted by Crippen LogP contribution is -2.35. The van der Waals surface area contributed by atoms with E-state index in [9.17, 15) is 9.59 Å². The van der Waals surface area contributed by atoms with Crippen LogP contribution < -0.4 is 10.2 Å². The van der Waals surface area contributed by atoms with Gasteiger partial charge in [0.15, 0.2) is 0 Å². The molecule has 1 heterocycles. The second-order valence-electron chi connectivity index (χ2n) is 7.01. The molecule has 1 aliphatic heterocycles. The lowest BCUT2D eigenvalue weighted by atomic mass is 9.99. The summed E-state index contributed by atoms with van der Waals surface area (Å²) in [6, 6.07) is 11.7. The standard InChI is InChI=1S/C22H26N2O2/c1-4-5-12-24-20-10-9-18(14-17(20)8-11-21(24)25)23-22(26)19-13-15(2)6-7-16(19)3/h6-7,9-10,13-14H,4-5,8,11-12H2,1-3H3,(H,23,26). The number of anilines is 2. The van der Waals surface area contributed by atoms with Gasteiger partial charge < -0.3 is 10.2 Å². The average molecular weight is 350 g/mol. The van der Waals surface area contributed by atoms with Crippen molar-refractivity contribution < 1.29 is 9.59 Å². The van der Waals surface area contributed by atoms with E-state index in [0.717, 1.165) is 53.9 Å². The summed E-state index contributed by atoms with van der Waals surface area (Å²) in [5, 5.41) is 3.00. The number of carbonyl (C=O) groups is 2. The van der Waals surface area contributed by atoms with Crippen molar-refractivity contribution in [3.05, 3.63) is 58.7 Å². The highest BCUT2D eigenvalue weighted by Gasteiger charge is 2.24. The normalized spacial score (nSPS) is 13.5. The van der Waals surface area contributed by atoms with Crippen molar-refractivity contribution in [2.75, 3.05) is 16.8 Å². The number of amides is 2. The molecule has 1 N–H and O–H groups in total. The molecule has 4 nitrogen and oxygen atoms in total. The van der Waals surface area contributed by atoms with Gasteiger partial charge in [-0.1, -0.05) is 31.0 Å². The van der Waals surface area contributed by atoms with Crippen LogP contribution in [0.3, 0.4) is 0 Å². The van der Waals surface area contributed by atoms with Crippen LogP contribution in [0.5, 0.6) is 0 Å². The summed E-state index contributed by atoms with van der Waals surface area (Å²) in [7, 11) is 0. The molecule has 1 aliphatic rings. The van der Waals surface area contributed by atoms with Gasteiger partial charge in [-0.15, -0.1) is 0 Å². The summed E-state index contributed by atoms with van der Waals surface area (Å²) in [4.78, 5) is 26.8. The van der Waals surface area contributed by atoms with Crippen LogP contribution >= 0.6 is 0 Å². The Morgan fingerprint density at radius 3 is 2.69 bits per heavy atom. The predicted molar refractivity (Wildman–Crippen MR) is 106 cm³/mol. The van der Waals surface area contributed by atoms with Crippen LogP contribution in [0.4, 0.5) is 11.4 Å². The number of fused-ring (bicyclic) bond motifs is 1. The molecule has 0 bridgehead atoms. The number of rotatable bonds is 5. The first kappa shape index (κ1) is 18.2. The summed E-state index contributed by atoms with van der Waals surface area (Å²) in [6.45, 7) is 6.81. The van der Waals surface area contributed by atoms with E-state index in [2.05, 4.69) is 12.2 Å². The van der Waals surface area contributed by atoms with E-state index in [1.165, 1.54) is 0 Å². The van der Waals surface area contributed by atoms with Gasteiger partial charge in [-0.05, 0) is 62.1 Å². The topological polar surface area (TPSA) is 49.4 Å². The zero-order chi connectivity index (χ0) is 18.7. The van der Waals surface area contributed by atoms with Crippen LogP contribution in [-0.4, -0.2) is 18.4 Å².